The Bertz CT molecular complexity index is 1890. The minimum absolute atomic E-state index is 0.0114. The number of hydrogen-bond acceptors (Lipinski definition) is 5. The van der Waals surface area contributed by atoms with Gasteiger partial charge in [-0.3, -0.25) is 9.59 Å². The van der Waals surface area contributed by atoms with Gasteiger partial charge in [-0.2, -0.15) is 23.3 Å². The summed E-state index contributed by atoms with van der Waals surface area (Å²) in [6.07, 6.45) is -0.595. The number of nitrogens with zero attached hydrogens (tertiary/aromatic N) is 4. The maximum absolute atomic E-state index is 14.2. The number of alkyl halides is 3. The van der Waals surface area contributed by atoms with Crippen molar-refractivity contribution in [2.45, 2.75) is 12.2 Å². The van der Waals surface area contributed by atoms with Crippen LogP contribution in [0, 0.1) is 11.6 Å². The highest BCUT2D eigenvalue weighted by Gasteiger charge is 2.36. The molecule has 5 aromatic rings. The number of aromatic nitrogens is 4. The first kappa shape index (κ1) is 26.3. The summed E-state index contributed by atoms with van der Waals surface area (Å²) in [7, 11) is 0. The summed E-state index contributed by atoms with van der Waals surface area (Å²) in [6.45, 7) is 0. The van der Waals surface area contributed by atoms with Gasteiger partial charge in [-0.25, -0.2) is 18.3 Å². The number of nitrogens with one attached hydrogen (secondary N) is 2. The van der Waals surface area contributed by atoms with Crippen molar-refractivity contribution in [2.75, 3.05) is 5.32 Å². The van der Waals surface area contributed by atoms with Gasteiger partial charge in [0.15, 0.2) is 0 Å². The molecule has 0 radical (unpaired) electrons. The fourth-order valence-electron chi connectivity index (χ4n) is 4.62. The van der Waals surface area contributed by atoms with Gasteiger partial charge in [0, 0.05) is 50.9 Å². The van der Waals surface area contributed by atoms with E-state index >= 15 is 0 Å². The van der Waals surface area contributed by atoms with E-state index in [1.807, 2.05) is 0 Å². The van der Waals surface area contributed by atoms with Gasteiger partial charge in [-0.15, -0.1) is 0 Å². The number of fused-ring (bicyclic) bond motifs is 2. The fraction of sp³-hybridized carbons (Fsp3) is 0.0741. The largest absolute Gasteiger partial charge is 0.416 e. The maximum atomic E-state index is 14.2. The fourth-order valence-corrected chi connectivity index (χ4v) is 4.85. The Kier molecular flexibility index (Phi) is 6.18. The zero-order valence-electron chi connectivity index (χ0n) is 20.3. The van der Waals surface area contributed by atoms with Crippen molar-refractivity contribution in [2.24, 2.45) is 0 Å². The Hall–Kier alpha value is -4.91. The van der Waals surface area contributed by atoms with Crippen LogP contribution in [0.15, 0.2) is 67.3 Å². The molecule has 0 spiro atoms. The van der Waals surface area contributed by atoms with Crippen molar-refractivity contribution in [1.82, 2.24) is 24.9 Å². The SMILES string of the molecule is O=C(Nc1cc(-c2cnc3ncnn3c2)cc2c1C(c1cc(F)ccc1Cl)NC2=O)c1cc(F)cc(C(F)(F)F)c1. The first-order valence-electron chi connectivity index (χ1n) is 11.8. The molecular weight excluding hydrogens is 571 g/mol. The highest BCUT2D eigenvalue weighted by molar-refractivity contribution is 6.31. The molecule has 14 heteroatoms. The molecule has 0 fully saturated rings. The summed E-state index contributed by atoms with van der Waals surface area (Å²) in [6, 6.07) is 6.92. The molecule has 41 heavy (non-hydrogen) atoms. The summed E-state index contributed by atoms with van der Waals surface area (Å²) < 4.78 is 69.5. The van der Waals surface area contributed by atoms with E-state index < -0.39 is 46.8 Å². The molecule has 1 aliphatic heterocycles. The van der Waals surface area contributed by atoms with Crippen molar-refractivity contribution >= 4 is 34.9 Å². The van der Waals surface area contributed by atoms with Crippen molar-refractivity contribution in [1.29, 1.82) is 0 Å². The monoisotopic (exact) mass is 584 g/mol. The molecule has 0 saturated heterocycles. The lowest BCUT2D eigenvalue weighted by molar-refractivity contribution is -0.137. The van der Waals surface area contributed by atoms with Gasteiger partial charge in [-0.05, 0) is 54.1 Å². The number of anilines is 1. The third kappa shape index (κ3) is 4.84. The van der Waals surface area contributed by atoms with E-state index in [9.17, 15) is 31.5 Å². The van der Waals surface area contributed by atoms with Crippen molar-refractivity contribution in [3.05, 3.63) is 112 Å². The van der Waals surface area contributed by atoms with Crippen LogP contribution in [0.25, 0.3) is 16.9 Å². The summed E-state index contributed by atoms with van der Waals surface area (Å²) >= 11 is 6.32. The number of carbonyl (C=O) groups excluding carboxylic acids is 2. The maximum Gasteiger partial charge on any atom is 0.416 e. The molecule has 0 aliphatic carbocycles. The Morgan fingerprint density at radius 2 is 1.80 bits per heavy atom. The van der Waals surface area contributed by atoms with Gasteiger partial charge in [-0.1, -0.05) is 11.6 Å². The zero-order chi connectivity index (χ0) is 29.1. The van der Waals surface area contributed by atoms with Crippen LogP contribution in [-0.2, 0) is 6.18 Å². The van der Waals surface area contributed by atoms with Gasteiger partial charge in [0.2, 0.25) is 0 Å². The number of halogens is 6. The predicted octanol–water partition coefficient (Wildman–Crippen LogP) is 5.83. The second-order valence-corrected chi connectivity index (χ2v) is 9.49. The minimum Gasteiger partial charge on any atom is -0.341 e. The average Bonchev–Trinajstić information content (AvgIpc) is 3.53. The van der Waals surface area contributed by atoms with E-state index in [1.165, 1.54) is 35.2 Å². The molecule has 1 atom stereocenters. The molecule has 3 aromatic carbocycles. The molecule has 3 heterocycles. The van der Waals surface area contributed by atoms with E-state index in [4.69, 9.17) is 11.6 Å². The molecule has 2 aromatic heterocycles. The summed E-state index contributed by atoms with van der Waals surface area (Å²) in [4.78, 5) is 34.5. The number of rotatable bonds is 4. The molecule has 8 nitrogen and oxygen atoms in total. The number of carbonyl (C=O) groups is 2. The molecule has 0 saturated carbocycles. The Labute approximate surface area is 231 Å². The lowest BCUT2D eigenvalue weighted by Gasteiger charge is -2.19. The predicted molar refractivity (Wildman–Crippen MR) is 136 cm³/mol. The zero-order valence-corrected chi connectivity index (χ0v) is 21.1. The van der Waals surface area contributed by atoms with E-state index in [1.54, 1.807) is 6.20 Å². The van der Waals surface area contributed by atoms with Crippen molar-refractivity contribution in [3.63, 3.8) is 0 Å². The van der Waals surface area contributed by atoms with Gasteiger partial charge in [0.25, 0.3) is 17.6 Å². The molecule has 2 amide bonds. The third-order valence-electron chi connectivity index (χ3n) is 6.46. The molecule has 6 rings (SSSR count). The molecule has 0 bridgehead atoms. The molecule has 1 unspecified atom stereocenters. The average molecular weight is 585 g/mol. The van der Waals surface area contributed by atoms with Gasteiger partial charge in [0.1, 0.15) is 18.0 Å². The van der Waals surface area contributed by atoms with Crippen LogP contribution < -0.4 is 10.6 Å². The second kappa shape index (κ2) is 9.63. The quantitative estimate of drug-likeness (QED) is 0.259. The van der Waals surface area contributed by atoms with E-state index in [-0.39, 0.29) is 33.5 Å². The van der Waals surface area contributed by atoms with Crippen molar-refractivity contribution in [3.8, 4) is 11.1 Å². The van der Waals surface area contributed by atoms with E-state index in [0.29, 0.717) is 29.0 Å². The smallest absolute Gasteiger partial charge is 0.341 e. The molecule has 206 valence electrons. The van der Waals surface area contributed by atoms with Crippen LogP contribution >= 0.6 is 11.6 Å². The summed E-state index contributed by atoms with van der Waals surface area (Å²) in [5.74, 6) is -3.27. The van der Waals surface area contributed by atoms with Crippen LogP contribution in [0.2, 0.25) is 5.02 Å². The highest BCUT2D eigenvalue weighted by atomic mass is 35.5. The Morgan fingerprint density at radius 1 is 1.00 bits per heavy atom. The van der Waals surface area contributed by atoms with Crippen LogP contribution in [0.1, 0.15) is 43.4 Å². The van der Waals surface area contributed by atoms with Crippen LogP contribution in [0.5, 0.6) is 0 Å². The minimum atomic E-state index is -4.90. The molecule has 2 N–H and O–H groups in total. The molecular formula is C27H14ClF5N6O2. The molecule has 1 aliphatic rings. The Morgan fingerprint density at radius 3 is 2.59 bits per heavy atom. The normalized spacial score (nSPS) is 14.7. The van der Waals surface area contributed by atoms with Gasteiger partial charge >= 0.3 is 6.18 Å². The second-order valence-electron chi connectivity index (χ2n) is 9.09. The number of amides is 2. The van der Waals surface area contributed by atoms with Gasteiger partial charge < -0.3 is 10.6 Å². The third-order valence-corrected chi connectivity index (χ3v) is 6.81. The number of benzene rings is 3. The number of hydrogen-bond donors (Lipinski definition) is 2. The first-order chi connectivity index (χ1) is 19.5. The van der Waals surface area contributed by atoms with E-state index in [0.717, 1.165) is 12.1 Å². The van der Waals surface area contributed by atoms with E-state index in [2.05, 4.69) is 25.7 Å². The lowest BCUT2D eigenvalue weighted by atomic mass is 9.93. The summed E-state index contributed by atoms with van der Waals surface area (Å²) in [5, 5.41) is 9.35. The topological polar surface area (TPSA) is 101 Å². The highest BCUT2D eigenvalue weighted by Crippen LogP contribution is 2.42. The summed E-state index contributed by atoms with van der Waals surface area (Å²) in [5.41, 5.74) is -0.707. The lowest BCUT2D eigenvalue weighted by Crippen LogP contribution is -2.21. The standard InChI is InChI=1S/C27H14ClF5N6O2/c28-20-2-1-16(29)8-18(20)23-22-19(25(41)38-23)5-12(14-9-34-26-35-11-36-39(26)10-14)6-21(22)37-24(40)13-3-15(27(31,32)33)7-17(30)4-13/h1-11,23H,(H,37,40)(H,38,41). The van der Waals surface area contributed by atoms with Gasteiger partial charge in [0.05, 0.1) is 11.6 Å². The van der Waals surface area contributed by atoms with Crippen molar-refractivity contribution < 1.29 is 31.5 Å². The van der Waals surface area contributed by atoms with Crippen LogP contribution in [-0.4, -0.2) is 31.4 Å². The Balaban J connectivity index is 1.51. The van der Waals surface area contributed by atoms with Crippen LogP contribution in [0.3, 0.4) is 0 Å². The van der Waals surface area contributed by atoms with Crippen LogP contribution in [0.4, 0.5) is 27.6 Å². The first-order valence-corrected chi connectivity index (χ1v) is 12.1.